The van der Waals surface area contributed by atoms with Crippen molar-refractivity contribution >= 4 is 18.0 Å². The predicted molar refractivity (Wildman–Crippen MR) is 89.1 cm³/mol. The van der Waals surface area contributed by atoms with Crippen molar-refractivity contribution in [2.45, 2.75) is 0 Å². The fraction of sp³-hybridized carbons (Fsp3) is 0.118. The summed E-state index contributed by atoms with van der Waals surface area (Å²) in [6.45, 7) is -0.337. The van der Waals surface area contributed by atoms with Crippen LogP contribution in [-0.4, -0.2) is 36.8 Å². The fourth-order valence-electron chi connectivity index (χ4n) is 1.87. The van der Waals surface area contributed by atoms with Crippen molar-refractivity contribution in [1.29, 1.82) is 0 Å². The number of amides is 2. The molecule has 0 saturated carbocycles. The molecule has 0 aliphatic heterocycles. The minimum absolute atomic E-state index is 0.0294. The number of carbonyl (C=O) groups excluding carboxylic acids is 2. The minimum Gasteiger partial charge on any atom is -0.507 e. The molecule has 0 atom stereocenters. The van der Waals surface area contributed by atoms with E-state index in [1.54, 1.807) is 6.07 Å². The van der Waals surface area contributed by atoms with Crippen LogP contribution in [0.2, 0.25) is 0 Å². The highest BCUT2D eigenvalue weighted by Crippen LogP contribution is 2.20. The molecule has 0 aliphatic carbocycles. The van der Waals surface area contributed by atoms with Crippen LogP contribution in [0.15, 0.2) is 47.6 Å². The maximum absolute atomic E-state index is 13.0. The summed E-state index contributed by atoms with van der Waals surface area (Å²) in [5, 5.41) is 15.7. The van der Waals surface area contributed by atoms with Crippen LogP contribution in [0, 0.1) is 5.82 Å². The maximum atomic E-state index is 13.0. The summed E-state index contributed by atoms with van der Waals surface area (Å²) in [7, 11) is 1.48. The molecular formula is C17H16FN3O4. The number of carbonyl (C=O) groups is 2. The van der Waals surface area contributed by atoms with Gasteiger partial charge in [0.05, 0.1) is 19.9 Å². The SMILES string of the molecule is COc1ccc(O)c(C=NNC(=O)CNC(=O)c2cccc(F)c2)c1. The number of nitrogens with one attached hydrogen (secondary N) is 2. The van der Waals surface area contributed by atoms with E-state index in [1.165, 1.54) is 43.7 Å². The molecular weight excluding hydrogens is 329 g/mol. The first-order valence-electron chi connectivity index (χ1n) is 7.22. The number of methoxy groups -OCH3 is 1. The van der Waals surface area contributed by atoms with Gasteiger partial charge < -0.3 is 15.2 Å². The van der Waals surface area contributed by atoms with Gasteiger partial charge in [-0.05, 0) is 36.4 Å². The van der Waals surface area contributed by atoms with Crippen LogP contribution in [0.4, 0.5) is 4.39 Å². The Labute approximate surface area is 143 Å². The smallest absolute Gasteiger partial charge is 0.259 e. The third-order valence-corrected chi connectivity index (χ3v) is 3.12. The molecule has 0 fully saturated rings. The van der Waals surface area contributed by atoms with Gasteiger partial charge in [0.2, 0.25) is 0 Å². The molecule has 7 nitrogen and oxygen atoms in total. The molecule has 8 heteroatoms. The third-order valence-electron chi connectivity index (χ3n) is 3.12. The molecule has 2 rings (SSSR count). The second-order valence-corrected chi connectivity index (χ2v) is 4.91. The number of hydrogen-bond acceptors (Lipinski definition) is 5. The van der Waals surface area contributed by atoms with Crippen molar-refractivity contribution < 1.29 is 23.8 Å². The van der Waals surface area contributed by atoms with Gasteiger partial charge in [0.1, 0.15) is 17.3 Å². The molecule has 3 N–H and O–H groups in total. The van der Waals surface area contributed by atoms with E-state index < -0.39 is 17.6 Å². The molecule has 0 bridgehead atoms. The zero-order valence-electron chi connectivity index (χ0n) is 13.3. The normalized spacial score (nSPS) is 10.5. The summed E-state index contributed by atoms with van der Waals surface area (Å²) in [6, 6.07) is 9.66. The number of benzene rings is 2. The Bertz CT molecular complexity index is 808. The van der Waals surface area contributed by atoms with Gasteiger partial charge in [-0.3, -0.25) is 9.59 Å². The van der Waals surface area contributed by atoms with Gasteiger partial charge in [-0.1, -0.05) is 6.07 Å². The van der Waals surface area contributed by atoms with E-state index in [-0.39, 0.29) is 17.9 Å². The summed E-state index contributed by atoms with van der Waals surface area (Å²) in [6.07, 6.45) is 1.24. The number of hydrogen-bond donors (Lipinski definition) is 3. The molecule has 0 aromatic heterocycles. The molecule has 25 heavy (non-hydrogen) atoms. The lowest BCUT2D eigenvalue weighted by Gasteiger charge is -2.05. The maximum Gasteiger partial charge on any atom is 0.259 e. The van der Waals surface area contributed by atoms with Gasteiger partial charge in [-0.2, -0.15) is 5.10 Å². The number of nitrogens with zero attached hydrogens (tertiary/aromatic N) is 1. The van der Waals surface area contributed by atoms with E-state index in [0.717, 1.165) is 6.07 Å². The first kappa shape index (κ1) is 17.9. The Balaban J connectivity index is 1.85. The van der Waals surface area contributed by atoms with Gasteiger partial charge in [0.15, 0.2) is 0 Å². The Morgan fingerprint density at radius 1 is 1.28 bits per heavy atom. The van der Waals surface area contributed by atoms with Crippen molar-refractivity contribution in [3.8, 4) is 11.5 Å². The fourth-order valence-corrected chi connectivity index (χ4v) is 1.87. The number of phenolic OH excluding ortho intramolecular Hbond substituents is 1. The highest BCUT2D eigenvalue weighted by Gasteiger charge is 2.08. The number of ether oxygens (including phenoxy) is 1. The Kier molecular flexibility index (Phi) is 6.05. The Morgan fingerprint density at radius 3 is 2.80 bits per heavy atom. The molecule has 0 unspecified atom stereocenters. The van der Waals surface area contributed by atoms with E-state index in [2.05, 4.69) is 15.8 Å². The highest BCUT2D eigenvalue weighted by atomic mass is 19.1. The van der Waals surface area contributed by atoms with Gasteiger partial charge in [-0.15, -0.1) is 0 Å². The van der Waals surface area contributed by atoms with E-state index in [1.807, 2.05) is 0 Å². The first-order chi connectivity index (χ1) is 12.0. The van der Waals surface area contributed by atoms with E-state index in [0.29, 0.717) is 11.3 Å². The standard InChI is InChI=1S/C17H16FN3O4/c1-25-14-5-6-15(22)12(8-14)9-20-21-16(23)10-19-17(24)11-3-2-4-13(18)7-11/h2-9,22H,10H2,1H3,(H,19,24)(H,21,23). The third kappa shape index (κ3) is 5.31. The number of halogens is 1. The molecule has 2 aromatic carbocycles. The van der Waals surface area contributed by atoms with Gasteiger partial charge >= 0.3 is 0 Å². The van der Waals surface area contributed by atoms with Crippen LogP contribution in [0.1, 0.15) is 15.9 Å². The molecule has 0 radical (unpaired) electrons. The number of phenols is 1. The number of rotatable bonds is 6. The lowest BCUT2D eigenvalue weighted by molar-refractivity contribution is -0.120. The average Bonchev–Trinajstić information content (AvgIpc) is 2.61. The second kappa shape index (κ2) is 8.44. The van der Waals surface area contributed by atoms with Crippen molar-refractivity contribution in [3.05, 3.63) is 59.4 Å². The summed E-state index contributed by atoms with van der Waals surface area (Å²) in [5.41, 5.74) is 2.66. The highest BCUT2D eigenvalue weighted by molar-refractivity contribution is 5.96. The number of aromatic hydroxyl groups is 1. The van der Waals surface area contributed by atoms with Gasteiger partial charge in [0.25, 0.3) is 11.8 Å². The van der Waals surface area contributed by atoms with Crippen LogP contribution in [0.25, 0.3) is 0 Å². The minimum atomic E-state index is -0.580. The molecule has 0 spiro atoms. The topological polar surface area (TPSA) is 100 Å². The second-order valence-electron chi connectivity index (χ2n) is 4.91. The van der Waals surface area contributed by atoms with E-state index in [9.17, 15) is 19.1 Å². The van der Waals surface area contributed by atoms with Crippen LogP contribution < -0.4 is 15.5 Å². The van der Waals surface area contributed by atoms with Crippen LogP contribution >= 0.6 is 0 Å². The lowest BCUT2D eigenvalue weighted by Crippen LogP contribution is -2.34. The van der Waals surface area contributed by atoms with Crippen molar-refractivity contribution in [3.63, 3.8) is 0 Å². The summed E-state index contributed by atoms with van der Waals surface area (Å²) < 4.78 is 18.1. The summed E-state index contributed by atoms with van der Waals surface area (Å²) in [4.78, 5) is 23.4. The lowest BCUT2D eigenvalue weighted by atomic mass is 10.2. The van der Waals surface area contributed by atoms with Crippen molar-refractivity contribution in [2.75, 3.05) is 13.7 Å². The van der Waals surface area contributed by atoms with Crippen LogP contribution in [0.3, 0.4) is 0 Å². The van der Waals surface area contributed by atoms with Gasteiger partial charge in [0, 0.05) is 11.1 Å². The largest absolute Gasteiger partial charge is 0.507 e. The predicted octanol–water partition coefficient (Wildman–Crippen LogP) is 1.42. The van der Waals surface area contributed by atoms with Crippen LogP contribution in [0.5, 0.6) is 11.5 Å². The molecule has 2 aromatic rings. The first-order valence-corrected chi connectivity index (χ1v) is 7.22. The molecule has 130 valence electrons. The zero-order chi connectivity index (χ0) is 18.2. The summed E-state index contributed by atoms with van der Waals surface area (Å²) >= 11 is 0. The van der Waals surface area contributed by atoms with Crippen molar-refractivity contribution in [2.24, 2.45) is 5.10 Å². The van der Waals surface area contributed by atoms with E-state index >= 15 is 0 Å². The quantitative estimate of drug-likeness (QED) is 0.544. The number of hydrazone groups is 1. The Hall–Kier alpha value is -3.42. The summed E-state index contributed by atoms with van der Waals surface area (Å²) in [5.74, 6) is -1.21. The monoisotopic (exact) mass is 345 g/mol. The molecule has 0 heterocycles. The van der Waals surface area contributed by atoms with Crippen LogP contribution in [-0.2, 0) is 4.79 Å². The van der Waals surface area contributed by atoms with E-state index in [4.69, 9.17) is 4.74 Å². The molecule has 2 amide bonds. The van der Waals surface area contributed by atoms with Crippen molar-refractivity contribution in [1.82, 2.24) is 10.7 Å². The molecule has 0 aliphatic rings. The Morgan fingerprint density at radius 2 is 2.08 bits per heavy atom. The molecule has 0 saturated heterocycles. The zero-order valence-corrected chi connectivity index (χ0v) is 13.3. The van der Waals surface area contributed by atoms with Gasteiger partial charge in [-0.25, -0.2) is 9.82 Å². The average molecular weight is 345 g/mol.